The van der Waals surface area contributed by atoms with Gasteiger partial charge in [-0.1, -0.05) is 103 Å². The third kappa shape index (κ3) is 7.97. The number of benzene rings is 4. The molecule has 1 saturated carbocycles. The van der Waals surface area contributed by atoms with Crippen LogP contribution in [0, 0.1) is 12.7 Å². The van der Waals surface area contributed by atoms with Crippen LogP contribution < -0.4 is 9.62 Å². The summed E-state index contributed by atoms with van der Waals surface area (Å²) in [4.78, 5) is 29.9. The topological polar surface area (TPSA) is 86.8 Å². The van der Waals surface area contributed by atoms with Gasteiger partial charge in [0, 0.05) is 19.0 Å². The van der Waals surface area contributed by atoms with Gasteiger partial charge in [0.1, 0.15) is 18.4 Å². The zero-order valence-electron chi connectivity index (χ0n) is 25.3. The van der Waals surface area contributed by atoms with Gasteiger partial charge in [-0.2, -0.15) is 0 Å². The monoisotopic (exact) mass is 627 g/mol. The minimum absolute atomic E-state index is 0.0140. The van der Waals surface area contributed by atoms with Crippen molar-refractivity contribution >= 4 is 27.5 Å². The summed E-state index contributed by atoms with van der Waals surface area (Å²) in [5, 5.41) is 3.16. The number of carbonyl (C=O) groups is 2. The van der Waals surface area contributed by atoms with Crippen LogP contribution in [0.25, 0.3) is 0 Å². The van der Waals surface area contributed by atoms with Gasteiger partial charge in [-0.05, 0) is 55.2 Å². The summed E-state index contributed by atoms with van der Waals surface area (Å²) in [7, 11) is -4.36. The fourth-order valence-electron chi connectivity index (χ4n) is 5.82. The molecule has 45 heavy (non-hydrogen) atoms. The maximum Gasteiger partial charge on any atom is 0.264 e. The first-order valence-electron chi connectivity index (χ1n) is 15.2. The summed E-state index contributed by atoms with van der Waals surface area (Å²) < 4.78 is 44.0. The Labute approximate surface area is 264 Å². The number of sulfonamides is 1. The zero-order valence-corrected chi connectivity index (χ0v) is 26.1. The van der Waals surface area contributed by atoms with E-state index in [2.05, 4.69) is 5.32 Å². The highest BCUT2D eigenvalue weighted by molar-refractivity contribution is 7.92. The van der Waals surface area contributed by atoms with Crippen molar-refractivity contribution in [3.05, 3.63) is 132 Å². The highest BCUT2D eigenvalue weighted by Gasteiger charge is 2.36. The lowest BCUT2D eigenvalue weighted by Gasteiger charge is -2.34. The SMILES string of the molecule is Cc1cccc(CN(C(=O)CN(c2ccccc2F)S(=O)(=O)c2ccccc2)[C@@H](Cc2ccccc2)C(=O)NC2CCCC2)c1. The van der Waals surface area contributed by atoms with Crippen molar-refractivity contribution < 1.29 is 22.4 Å². The Morgan fingerprint density at radius 1 is 0.844 bits per heavy atom. The van der Waals surface area contributed by atoms with Gasteiger partial charge in [-0.3, -0.25) is 13.9 Å². The van der Waals surface area contributed by atoms with Gasteiger partial charge in [-0.25, -0.2) is 12.8 Å². The molecule has 1 N–H and O–H groups in total. The molecule has 7 nitrogen and oxygen atoms in total. The van der Waals surface area contributed by atoms with E-state index in [4.69, 9.17) is 0 Å². The normalized spacial score (nSPS) is 14.1. The number of para-hydroxylation sites is 1. The zero-order chi connectivity index (χ0) is 31.8. The largest absolute Gasteiger partial charge is 0.352 e. The smallest absolute Gasteiger partial charge is 0.264 e. The fraction of sp³-hybridized carbons (Fsp3) is 0.278. The van der Waals surface area contributed by atoms with Crippen molar-refractivity contribution in [3.8, 4) is 0 Å². The van der Waals surface area contributed by atoms with E-state index in [0.29, 0.717) is 0 Å². The molecule has 1 atom stereocenters. The number of nitrogens with one attached hydrogen (secondary N) is 1. The first-order chi connectivity index (χ1) is 21.7. The molecule has 1 aliphatic carbocycles. The van der Waals surface area contributed by atoms with Gasteiger partial charge < -0.3 is 10.2 Å². The van der Waals surface area contributed by atoms with Crippen LogP contribution in [0.2, 0.25) is 0 Å². The molecule has 0 radical (unpaired) electrons. The molecule has 0 bridgehead atoms. The van der Waals surface area contributed by atoms with Crippen LogP contribution in [0.15, 0.2) is 114 Å². The molecule has 0 spiro atoms. The second-order valence-corrected chi connectivity index (χ2v) is 13.3. The number of rotatable bonds is 12. The number of hydrogen-bond acceptors (Lipinski definition) is 4. The van der Waals surface area contributed by atoms with Crippen molar-refractivity contribution in [2.45, 2.75) is 62.6 Å². The number of nitrogens with zero attached hydrogens (tertiary/aromatic N) is 2. The number of aryl methyl sites for hydroxylation is 1. The van der Waals surface area contributed by atoms with Gasteiger partial charge in [0.25, 0.3) is 10.0 Å². The number of carbonyl (C=O) groups excluding carboxylic acids is 2. The van der Waals surface area contributed by atoms with Crippen molar-refractivity contribution in [3.63, 3.8) is 0 Å². The minimum Gasteiger partial charge on any atom is -0.352 e. The van der Waals surface area contributed by atoms with Crippen molar-refractivity contribution in [1.29, 1.82) is 0 Å². The number of amides is 2. The van der Waals surface area contributed by atoms with Gasteiger partial charge in [0.2, 0.25) is 11.8 Å². The lowest BCUT2D eigenvalue weighted by molar-refractivity contribution is -0.140. The van der Waals surface area contributed by atoms with E-state index >= 15 is 4.39 Å². The maximum atomic E-state index is 15.2. The van der Waals surface area contributed by atoms with Crippen molar-refractivity contribution in [2.75, 3.05) is 10.8 Å². The third-order valence-corrected chi connectivity index (χ3v) is 9.91. The Kier molecular flexibility index (Phi) is 10.3. The van der Waals surface area contributed by atoms with E-state index in [-0.39, 0.29) is 35.5 Å². The van der Waals surface area contributed by atoms with E-state index in [9.17, 15) is 18.0 Å². The molecule has 4 aromatic rings. The van der Waals surface area contributed by atoms with Gasteiger partial charge in [-0.15, -0.1) is 0 Å². The highest BCUT2D eigenvalue weighted by Crippen LogP contribution is 2.27. The summed E-state index contributed by atoms with van der Waals surface area (Å²) in [5.74, 6) is -1.70. The molecular formula is C36H38FN3O4S. The minimum atomic E-state index is -4.36. The Morgan fingerprint density at radius 3 is 2.13 bits per heavy atom. The average Bonchev–Trinajstić information content (AvgIpc) is 3.56. The first kappa shape index (κ1) is 31.9. The Hall–Kier alpha value is -4.50. The van der Waals surface area contributed by atoms with Crippen LogP contribution in [0.3, 0.4) is 0 Å². The summed E-state index contributed by atoms with van der Waals surface area (Å²) >= 11 is 0. The molecule has 234 valence electrons. The predicted octanol–water partition coefficient (Wildman–Crippen LogP) is 6.03. The average molecular weight is 628 g/mol. The predicted molar refractivity (Wildman–Crippen MR) is 173 cm³/mol. The Bertz CT molecular complexity index is 1710. The lowest BCUT2D eigenvalue weighted by Crippen LogP contribution is -2.54. The fourth-order valence-corrected chi connectivity index (χ4v) is 7.26. The molecular weight excluding hydrogens is 589 g/mol. The van der Waals surface area contributed by atoms with Crippen LogP contribution in [-0.2, 0) is 32.6 Å². The maximum absolute atomic E-state index is 15.2. The molecule has 0 unspecified atom stereocenters. The quantitative estimate of drug-likeness (QED) is 0.208. The Morgan fingerprint density at radius 2 is 1.47 bits per heavy atom. The van der Waals surface area contributed by atoms with E-state index in [0.717, 1.165) is 52.7 Å². The first-order valence-corrected chi connectivity index (χ1v) is 16.7. The molecule has 4 aromatic carbocycles. The van der Waals surface area contributed by atoms with Crippen LogP contribution >= 0.6 is 0 Å². The lowest BCUT2D eigenvalue weighted by atomic mass is 10.0. The van der Waals surface area contributed by atoms with E-state index in [1.807, 2.05) is 61.5 Å². The Balaban J connectivity index is 1.57. The van der Waals surface area contributed by atoms with E-state index in [1.54, 1.807) is 18.2 Å². The summed E-state index contributed by atoms with van der Waals surface area (Å²) in [6.45, 7) is 1.30. The standard InChI is InChI=1S/C36H38FN3O4S/c1-27-13-12-16-29(23-27)25-39(34(24-28-14-4-2-5-15-28)36(42)38-30-17-8-9-18-30)35(41)26-40(33-22-11-10-21-32(33)37)45(43,44)31-19-6-3-7-20-31/h2-7,10-16,19-23,30,34H,8-9,17-18,24-26H2,1H3,(H,38,42)/t34-/m0/s1. The third-order valence-electron chi connectivity index (χ3n) is 8.14. The van der Waals surface area contributed by atoms with E-state index < -0.39 is 34.3 Å². The number of halogens is 1. The van der Waals surface area contributed by atoms with Crippen LogP contribution in [-0.4, -0.2) is 43.8 Å². The molecule has 5 rings (SSSR count). The molecule has 1 fully saturated rings. The molecule has 0 heterocycles. The second-order valence-electron chi connectivity index (χ2n) is 11.5. The van der Waals surface area contributed by atoms with Crippen LogP contribution in [0.5, 0.6) is 0 Å². The molecule has 0 aliphatic heterocycles. The number of hydrogen-bond donors (Lipinski definition) is 1. The second kappa shape index (κ2) is 14.5. The molecule has 0 aromatic heterocycles. The summed E-state index contributed by atoms with van der Waals surface area (Å²) in [6.07, 6.45) is 4.00. The molecule has 1 aliphatic rings. The summed E-state index contributed by atoms with van der Waals surface area (Å²) in [6, 6.07) is 29.2. The molecule has 0 saturated heterocycles. The van der Waals surface area contributed by atoms with Crippen molar-refractivity contribution in [1.82, 2.24) is 10.2 Å². The highest BCUT2D eigenvalue weighted by atomic mass is 32.2. The molecule has 2 amide bonds. The van der Waals surface area contributed by atoms with Gasteiger partial charge in [0.15, 0.2) is 0 Å². The van der Waals surface area contributed by atoms with Gasteiger partial charge in [0.05, 0.1) is 10.6 Å². The van der Waals surface area contributed by atoms with Crippen LogP contribution in [0.4, 0.5) is 10.1 Å². The molecule has 9 heteroatoms. The van der Waals surface area contributed by atoms with Crippen LogP contribution in [0.1, 0.15) is 42.4 Å². The van der Waals surface area contributed by atoms with Crippen molar-refractivity contribution in [2.24, 2.45) is 0 Å². The van der Waals surface area contributed by atoms with E-state index in [1.165, 1.54) is 35.2 Å². The van der Waals surface area contributed by atoms with Gasteiger partial charge >= 0.3 is 0 Å². The number of anilines is 1. The summed E-state index contributed by atoms with van der Waals surface area (Å²) in [5.41, 5.74) is 2.38.